The van der Waals surface area contributed by atoms with Crippen LogP contribution in [0.2, 0.25) is 10.0 Å². The number of methoxy groups -OCH3 is 2. The van der Waals surface area contributed by atoms with Crippen molar-refractivity contribution in [1.29, 1.82) is 0 Å². The Hall–Kier alpha value is -2.70. The van der Waals surface area contributed by atoms with Crippen LogP contribution >= 0.6 is 23.2 Å². The minimum atomic E-state index is -0.315. The number of amides is 1. The third-order valence-electron chi connectivity index (χ3n) is 3.93. The molecule has 27 heavy (non-hydrogen) atoms. The molecule has 1 aromatic heterocycles. The molecule has 0 radical (unpaired) electrons. The Labute approximate surface area is 166 Å². The van der Waals surface area contributed by atoms with Gasteiger partial charge in [0.15, 0.2) is 0 Å². The lowest BCUT2D eigenvalue weighted by Crippen LogP contribution is -2.13. The molecule has 0 fully saturated rings. The number of carbonyl (C=O) groups excluding carboxylic acids is 1. The Morgan fingerprint density at radius 3 is 2.56 bits per heavy atom. The van der Waals surface area contributed by atoms with Gasteiger partial charge < -0.3 is 14.8 Å². The molecule has 0 bridgehead atoms. The van der Waals surface area contributed by atoms with Gasteiger partial charge in [0.1, 0.15) is 11.5 Å². The molecule has 1 N–H and O–H groups in total. The van der Waals surface area contributed by atoms with E-state index in [0.29, 0.717) is 39.3 Å². The van der Waals surface area contributed by atoms with E-state index >= 15 is 0 Å². The van der Waals surface area contributed by atoms with Gasteiger partial charge in [0, 0.05) is 27.9 Å². The minimum Gasteiger partial charge on any atom is -0.497 e. The smallest absolute Gasteiger partial charge is 0.259 e. The van der Waals surface area contributed by atoms with Crippen molar-refractivity contribution in [3.05, 3.63) is 70.0 Å². The zero-order chi connectivity index (χ0) is 19.4. The van der Waals surface area contributed by atoms with Gasteiger partial charge in [0.25, 0.3) is 5.91 Å². The molecule has 0 spiro atoms. The molecule has 1 heterocycles. The lowest BCUT2D eigenvalue weighted by molar-refractivity contribution is 0.102. The fraction of sp³-hybridized carbons (Fsp3) is 0.158. The van der Waals surface area contributed by atoms with Crippen molar-refractivity contribution in [2.45, 2.75) is 6.54 Å². The van der Waals surface area contributed by atoms with Gasteiger partial charge in [-0.25, -0.2) is 0 Å². The van der Waals surface area contributed by atoms with Gasteiger partial charge >= 0.3 is 0 Å². The Bertz CT molecular complexity index is 952. The van der Waals surface area contributed by atoms with E-state index in [1.165, 1.54) is 7.11 Å². The number of aromatic nitrogens is 2. The second-order valence-electron chi connectivity index (χ2n) is 5.65. The highest BCUT2D eigenvalue weighted by molar-refractivity contribution is 6.35. The fourth-order valence-electron chi connectivity index (χ4n) is 2.54. The predicted molar refractivity (Wildman–Crippen MR) is 105 cm³/mol. The SMILES string of the molecule is COc1ccc(C(=O)Nc2cnn(Cc3c(Cl)cccc3Cl)c2)c(OC)c1. The first-order chi connectivity index (χ1) is 13.0. The Morgan fingerprint density at radius 2 is 1.89 bits per heavy atom. The molecule has 3 aromatic rings. The zero-order valence-electron chi connectivity index (χ0n) is 14.7. The van der Waals surface area contributed by atoms with E-state index in [-0.39, 0.29) is 5.91 Å². The zero-order valence-corrected chi connectivity index (χ0v) is 16.2. The Balaban J connectivity index is 1.75. The summed E-state index contributed by atoms with van der Waals surface area (Å²) in [6, 6.07) is 10.3. The quantitative estimate of drug-likeness (QED) is 0.655. The molecule has 0 aliphatic rings. The van der Waals surface area contributed by atoms with Gasteiger partial charge in [-0.15, -0.1) is 0 Å². The van der Waals surface area contributed by atoms with Crippen LogP contribution in [0.4, 0.5) is 5.69 Å². The fourth-order valence-corrected chi connectivity index (χ4v) is 3.06. The van der Waals surface area contributed by atoms with Crippen LogP contribution in [0.3, 0.4) is 0 Å². The number of rotatable bonds is 6. The van der Waals surface area contributed by atoms with Gasteiger partial charge in [-0.3, -0.25) is 9.48 Å². The second kappa shape index (κ2) is 8.33. The molecule has 1 amide bonds. The summed E-state index contributed by atoms with van der Waals surface area (Å²) >= 11 is 12.4. The Kier molecular flexibility index (Phi) is 5.88. The number of hydrogen-bond acceptors (Lipinski definition) is 4. The van der Waals surface area contributed by atoms with Crippen molar-refractivity contribution >= 4 is 34.8 Å². The number of halogens is 2. The van der Waals surface area contributed by atoms with E-state index < -0.39 is 0 Å². The van der Waals surface area contributed by atoms with Crippen LogP contribution < -0.4 is 14.8 Å². The standard InChI is InChI=1S/C19H17Cl2N3O3/c1-26-13-6-7-14(18(8-13)27-2)19(25)23-12-9-22-24(10-12)11-15-16(20)4-3-5-17(15)21/h3-10H,11H2,1-2H3,(H,23,25). The summed E-state index contributed by atoms with van der Waals surface area (Å²) in [5, 5.41) is 8.16. The van der Waals surface area contributed by atoms with E-state index in [2.05, 4.69) is 10.4 Å². The van der Waals surface area contributed by atoms with Gasteiger partial charge in [-0.2, -0.15) is 5.10 Å². The predicted octanol–water partition coefficient (Wildman–Crippen LogP) is 4.51. The summed E-state index contributed by atoms with van der Waals surface area (Å²) < 4.78 is 12.1. The Morgan fingerprint density at radius 1 is 1.15 bits per heavy atom. The number of hydrogen-bond donors (Lipinski definition) is 1. The third-order valence-corrected chi connectivity index (χ3v) is 4.63. The maximum atomic E-state index is 12.6. The molecule has 2 aromatic carbocycles. The van der Waals surface area contributed by atoms with Crippen molar-refractivity contribution < 1.29 is 14.3 Å². The molecule has 6 nitrogen and oxygen atoms in total. The summed E-state index contributed by atoms with van der Waals surface area (Å²) in [6.07, 6.45) is 3.26. The van der Waals surface area contributed by atoms with Crippen molar-refractivity contribution in [1.82, 2.24) is 9.78 Å². The number of nitrogens with one attached hydrogen (secondary N) is 1. The lowest BCUT2D eigenvalue weighted by atomic mass is 10.1. The van der Waals surface area contributed by atoms with Gasteiger partial charge in [-0.05, 0) is 24.3 Å². The van der Waals surface area contributed by atoms with Crippen LogP contribution in [-0.2, 0) is 6.54 Å². The highest BCUT2D eigenvalue weighted by atomic mass is 35.5. The molecular weight excluding hydrogens is 389 g/mol. The first kappa shape index (κ1) is 19.1. The van der Waals surface area contributed by atoms with Crippen LogP contribution in [0, 0.1) is 0 Å². The largest absolute Gasteiger partial charge is 0.497 e. The number of carbonyl (C=O) groups is 1. The lowest BCUT2D eigenvalue weighted by Gasteiger charge is -2.10. The summed E-state index contributed by atoms with van der Waals surface area (Å²) in [6.45, 7) is 0.389. The molecule has 0 aliphatic heterocycles. The molecule has 3 rings (SSSR count). The van der Waals surface area contributed by atoms with Crippen LogP contribution in [0.25, 0.3) is 0 Å². The van der Waals surface area contributed by atoms with Gasteiger partial charge in [0.05, 0.1) is 38.2 Å². The highest BCUT2D eigenvalue weighted by Crippen LogP contribution is 2.27. The number of benzene rings is 2. The van der Waals surface area contributed by atoms with Gasteiger partial charge in [0.2, 0.25) is 0 Å². The van der Waals surface area contributed by atoms with Crippen LogP contribution in [0.5, 0.6) is 11.5 Å². The van der Waals surface area contributed by atoms with Crippen molar-refractivity contribution in [2.75, 3.05) is 19.5 Å². The maximum Gasteiger partial charge on any atom is 0.259 e. The molecule has 140 valence electrons. The summed E-state index contributed by atoms with van der Waals surface area (Å²) in [5.41, 5.74) is 1.69. The van der Waals surface area contributed by atoms with E-state index in [0.717, 1.165) is 5.56 Å². The van der Waals surface area contributed by atoms with Crippen LogP contribution in [0.15, 0.2) is 48.8 Å². The molecule has 0 aliphatic carbocycles. The summed E-state index contributed by atoms with van der Waals surface area (Å²) in [7, 11) is 3.05. The molecule has 0 unspecified atom stereocenters. The first-order valence-corrected chi connectivity index (χ1v) is 8.76. The molecule has 8 heteroatoms. The van der Waals surface area contributed by atoms with E-state index in [4.69, 9.17) is 32.7 Å². The summed E-state index contributed by atoms with van der Waals surface area (Å²) in [4.78, 5) is 12.6. The van der Waals surface area contributed by atoms with Crippen molar-refractivity contribution in [3.63, 3.8) is 0 Å². The highest BCUT2D eigenvalue weighted by Gasteiger charge is 2.15. The number of anilines is 1. The summed E-state index contributed by atoms with van der Waals surface area (Å²) in [5.74, 6) is 0.708. The molecule has 0 saturated carbocycles. The van der Waals surface area contributed by atoms with Crippen molar-refractivity contribution in [3.8, 4) is 11.5 Å². The van der Waals surface area contributed by atoms with Gasteiger partial charge in [-0.1, -0.05) is 29.3 Å². The number of ether oxygens (including phenoxy) is 2. The van der Waals surface area contributed by atoms with Crippen LogP contribution in [0.1, 0.15) is 15.9 Å². The van der Waals surface area contributed by atoms with Crippen molar-refractivity contribution in [2.24, 2.45) is 0 Å². The van der Waals surface area contributed by atoms with E-state index in [1.807, 2.05) is 0 Å². The normalized spacial score (nSPS) is 10.5. The first-order valence-electron chi connectivity index (χ1n) is 8.00. The molecule has 0 saturated heterocycles. The average molecular weight is 406 g/mol. The average Bonchev–Trinajstić information content (AvgIpc) is 3.11. The third kappa shape index (κ3) is 4.35. The number of nitrogens with zero attached hydrogens (tertiary/aromatic N) is 2. The molecule has 0 atom stereocenters. The second-order valence-corrected chi connectivity index (χ2v) is 6.46. The molecular formula is C19H17Cl2N3O3. The van der Waals surface area contributed by atoms with E-state index in [9.17, 15) is 4.79 Å². The van der Waals surface area contributed by atoms with Crippen LogP contribution in [-0.4, -0.2) is 29.9 Å². The monoisotopic (exact) mass is 405 g/mol. The van der Waals surface area contributed by atoms with E-state index in [1.54, 1.807) is 60.6 Å². The maximum absolute atomic E-state index is 12.6. The topological polar surface area (TPSA) is 65.4 Å². The minimum absolute atomic E-state index is 0.315.